The van der Waals surface area contributed by atoms with Crippen molar-refractivity contribution in [3.05, 3.63) is 23.8 Å². The largest absolute Gasteiger partial charge is 0.497 e. The zero-order valence-corrected chi connectivity index (χ0v) is 9.93. The van der Waals surface area contributed by atoms with Crippen LogP contribution in [0.25, 0.3) is 0 Å². The maximum Gasteiger partial charge on any atom is 0.129 e. The highest BCUT2D eigenvalue weighted by Crippen LogP contribution is 2.38. The summed E-state index contributed by atoms with van der Waals surface area (Å²) in [7, 11) is 1.63. The van der Waals surface area contributed by atoms with Gasteiger partial charge in [-0.3, -0.25) is 0 Å². The second-order valence-electron chi connectivity index (χ2n) is 4.56. The van der Waals surface area contributed by atoms with Crippen molar-refractivity contribution in [1.82, 2.24) is 0 Å². The number of hydrogen-bond acceptors (Lipinski definition) is 3. The summed E-state index contributed by atoms with van der Waals surface area (Å²) < 4.78 is 11.0. The average molecular weight is 222 g/mol. The molecular weight excluding hydrogens is 204 g/mol. The lowest BCUT2D eigenvalue weighted by Gasteiger charge is -2.32. The maximum atomic E-state index is 10.0. The Balaban J connectivity index is 2.31. The third-order valence-corrected chi connectivity index (χ3v) is 3.06. The van der Waals surface area contributed by atoms with Gasteiger partial charge in [0.15, 0.2) is 0 Å². The third-order valence-electron chi connectivity index (χ3n) is 3.06. The first-order valence-corrected chi connectivity index (χ1v) is 5.64. The van der Waals surface area contributed by atoms with Gasteiger partial charge in [-0.25, -0.2) is 0 Å². The highest BCUT2D eigenvalue weighted by Gasteiger charge is 2.28. The van der Waals surface area contributed by atoms with Crippen LogP contribution < -0.4 is 9.47 Å². The molecule has 16 heavy (non-hydrogen) atoms. The predicted octanol–water partition coefficient (Wildman–Crippen LogP) is 2.54. The van der Waals surface area contributed by atoms with Crippen molar-refractivity contribution in [3.63, 3.8) is 0 Å². The quantitative estimate of drug-likeness (QED) is 0.835. The molecule has 0 saturated carbocycles. The van der Waals surface area contributed by atoms with E-state index in [1.807, 2.05) is 18.2 Å². The van der Waals surface area contributed by atoms with Crippen molar-refractivity contribution in [2.24, 2.45) is 5.92 Å². The molecule has 0 amide bonds. The standard InChI is InChI=1S/C13H18O3/c1-8(2)12-7-11(14)10-5-4-9(15-3)6-13(10)16-12/h4-6,8,11-12,14H,7H2,1-3H3. The molecular formula is C13H18O3. The number of hydrogen-bond donors (Lipinski definition) is 1. The van der Waals surface area contributed by atoms with E-state index in [0.29, 0.717) is 12.3 Å². The van der Waals surface area contributed by atoms with Gasteiger partial charge in [-0.05, 0) is 18.1 Å². The second-order valence-corrected chi connectivity index (χ2v) is 4.56. The molecule has 88 valence electrons. The zero-order valence-electron chi connectivity index (χ0n) is 9.93. The summed E-state index contributed by atoms with van der Waals surface area (Å²) >= 11 is 0. The van der Waals surface area contributed by atoms with E-state index in [1.165, 1.54) is 0 Å². The Labute approximate surface area is 96.0 Å². The maximum absolute atomic E-state index is 10.0. The van der Waals surface area contributed by atoms with E-state index in [1.54, 1.807) is 7.11 Å². The summed E-state index contributed by atoms with van der Waals surface area (Å²) in [5, 5.41) is 10.0. The fourth-order valence-corrected chi connectivity index (χ4v) is 1.99. The fraction of sp³-hybridized carbons (Fsp3) is 0.538. The van der Waals surface area contributed by atoms with Crippen LogP contribution in [-0.4, -0.2) is 18.3 Å². The van der Waals surface area contributed by atoms with Crippen LogP contribution in [0.1, 0.15) is 31.9 Å². The Hall–Kier alpha value is -1.22. The number of benzene rings is 1. The Morgan fingerprint density at radius 3 is 2.81 bits per heavy atom. The van der Waals surface area contributed by atoms with Gasteiger partial charge in [0.2, 0.25) is 0 Å². The van der Waals surface area contributed by atoms with Crippen LogP contribution in [0.2, 0.25) is 0 Å². The van der Waals surface area contributed by atoms with Gasteiger partial charge >= 0.3 is 0 Å². The van der Waals surface area contributed by atoms with Gasteiger partial charge in [0.25, 0.3) is 0 Å². The van der Waals surface area contributed by atoms with Crippen LogP contribution in [0.15, 0.2) is 18.2 Å². The van der Waals surface area contributed by atoms with Gasteiger partial charge in [0.05, 0.1) is 13.2 Å². The summed E-state index contributed by atoms with van der Waals surface area (Å²) in [6, 6.07) is 5.56. The topological polar surface area (TPSA) is 38.7 Å². The molecule has 0 saturated heterocycles. The predicted molar refractivity (Wildman–Crippen MR) is 61.8 cm³/mol. The molecule has 0 radical (unpaired) electrons. The number of rotatable bonds is 2. The van der Waals surface area contributed by atoms with Crippen LogP contribution >= 0.6 is 0 Å². The molecule has 0 aliphatic carbocycles. The molecule has 3 nitrogen and oxygen atoms in total. The third kappa shape index (κ3) is 2.00. The SMILES string of the molecule is COc1ccc2c(c1)OC(C(C)C)CC2O. The first-order valence-electron chi connectivity index (χ1n) is 5.64. The summed E-state index contributed by atoms with van der Waals surface area (Å²) in [6.07, 6.45) is 0.313. The van der Waals surface area contributed by atoms with Crippen LogP contribution in [-0.2, 0) is 0 Å². The van der Waals surface area contributed by atoms with E-state index in [9.17, 15) is 5.11 Å². The van der Waals surface area contributed by atoms with Gasteiger partial charge in [-0.1, -0.05) is 13.8 Å². The molecule has 2 atom stereocenters. The van der Waals surface area contributed by atoms with Crippen molar-refractivity contribution in [1.29, 1.82) is 0 Å². The summed E-state index contributed by atoms with van der Waals surface area (Å²) in [4.78, 5) is 0. The van der Waals surface area contributed by atoms with E-state index in [-0.39, 0.29) is 6.10 Å². The van der Waals surface area contributed by atoms with Gasteiger partial charge in [0.1, 0.15) is 17.6 Å². The van der Waals surface area contributed by atoms with E-state index >= 15 is 0 Å². The normalized spacial score (nSPS) is 23.8. The van der Waals surface area contributed by atoms with Crippen molar-refractivity contribution in [2.45, 2.75) is 32.5 Å². The molecule has 1 N–H and O–H groups in total. The Kier molecular flexibility index (Phi) is 3.06. The van der Waals surface area contributed by atoms with Gasteiger partial charge in [-0.2, -0.15) is 0 Å². The lowest BCUT2D eigenvalue weighted by Crippen LogP contribution is -2.30. The van der Waals surface area contributed by atoms with Crippen LogP contribution in [0.5, 0.6) is 11.5 Å². The monoisotopic (exact) mass is 222 g/mol. The Morgan fingerprint density at radius 1 is 1.44 bits per heavy atom. The minimum absolute atomic E-state index is 0.0783. The summed E-state index contributed by atoms with van der Waals surface area (Å²) in [6.45, 7) is 4.20. The van der Waals surface area contributed by atoms with Crippen LogP contribution in [0.3, 0.4) is 0 Å². The molecule has 1 aliphatic rings. The summed E-state index contributed by atoms with van der Waals surface area (Å²) in [5.74, 6) is 1.90. The molecule has 0 aromatic heterocycles. The molecule has 1 aliphatic heterocycles. The van der Waals surface area contributed by atoms with Gasteiger partial charge in [0, 0.05) is 18.1 Å². The summed E-state index contributed by atoms with van der Waals surface area (Å²) in [5.41, 5.74) is 0.859. The lowest BCUT2D eigenvalue weighted by atomic mass is 9.93. The second kappa shape index (κ2) is 4.34. The number of aliphatic hydroxyl groups is 1. The first kappa shape index (κ1) is 11.3. The van der Waals surface area contributed by atoms with E-state index in [4.69, 9.17) is 9.47 Å². The number of aliphatic hydroxyl groups excluding tert-OH is 1. The molecule has 1 aromatic carbocycles. The van der Waals surface area contributed by atoms with Crippen molar-refractivity contribution in [2.75, 3.05) is 7.11 Å². The number of fused-ring (bicyclic) bond motifs is 1. The van der Waals surface area contributed by atoms with Gasteiger partial charge < -0.3 is 14.6 Å². The highest BCUT2D eigenvalue weighted by molar-refractivity contribution is 5.43. The van der Waals surface area contributed by atoms with E-state index in [0.717, 1.165) is 17.1 Å². The smallest absolute Gasteiger partial charge is 0.129 e. The van der Waals surface area contributed by atoms with Crippen molar-refractivity contribution in [3.8, 4) is 11.5 Å². The van der Waals surface area contributed by atoms with E-state index in [2.05, 4.69) is 13.8 Å². The molecule has 1 heterocycles. The number of ether oxygens (including phenoxy) is 2. The molecule has 2 unspecified atom stereocenters. The Morgan fingerprint density at radius 2 is 2.19 bits per heavy atom. The lowest BCUT2D eigenvalue weighted by molar-refractivity contribution is 0.0425. The van der Waals surface area contributed by atoms with Crippen LogP contribution in [0.4, 0.5) is 0 Å². The minimum Gasteiger partial charge on any atom is -0.497 e. The van der Waals surface area contributed by atoms with Crippen molar-refractivity contribution < 1.29 is 14.6 Å². The first-order chi connectivity index (χ1) is 7.61. The van der Waals surface area contributed by atoms with Crippen LogP contribution in [0, 0.1) is 5.92 Å². The van der Waals surface area contributed by atoms with Crippen molar-refractivity contribution >= 4 is 0 Å². The zero-order chi connectivity index (χ0) is 11.7. The molecule has 2 rings (SSSR count). The average Bonchev–Trinajstić information content (AvgIpc) is 2.28. The molecule has 1 aromatic rings. The van der Waals surface area contributed by atoms with Gasteiger partial charge in [-0.15, -0.1) is 0 Å². The minimum atomic E-state index is -0.429. The highest BCUT2D eigenvalue weighted by atomic mass is 16.5. The fourth-order valence-electron chi connectivity index (χ4n) is 1.99. The number of methoxy groups -OCH3 is 1. The molecule has 0 fully saturated rings. The van der Waals surface area contributed by atoms with E-state index < -0.39 is 6.10 Å². The molecule has 0 spiro atoms. The molecule has 3 heteroatoms. The molecule has 0 bridgehead atoms. The Bertz CT molecular complexity index is 373.